The number of benzene rings is 2. The van der Waals surface area contributed by atoms with Crippen molar-refractivity contribution in [2.75, 3.05) is 6.54 Å². The van der Waals surface area contributed by atoms with Crippen molar-refractivity contribution in [2.24, 2.45) is 0 Å². The number of amides is 2. The number of esters is 1. The van der Waals surface area contributed by atoms with Gasteiger partial charge in [-0.25, -0.2) is 9.59 Å². The topological polar surface area (TPSA) is 84.9 Å². The molecule has 0 aromatic heterocycles. The predicted octanol–water partition coefficient (Wildman–Crippen LogP) is 3.86. The summed E-state index contributed by atoms with van der Waals surface area (Å²) in [6, 6.07) is 18.0. The van der Waals surface area contributed by atoms with E-state index in [4.69, 9.17) is 9.47 Å². The van der Waals surface area contributed by atoms with Crippen LogP contribution in [-0.4, -0.2) is 46.6 Å². The fourth-order valence-corrected chi connectivity index (χ4v) is 3.77. The number of ether oxygens (including phenoxy) is 2. The molecule has 7 heteroatoms. The number of nitrogens with zero attached hydrogens (tertiary/aromatic N) is 1. The molecule has 1 heterocycles. The van der Waals surface area contributed by atoms with Crippen LogP contribution >= 0.6 is 0 Å². The van der Waals surface area contributed by atoms with Gasteiger partial charge in [0.2, 0.25) is 5.91 Å². The highest BCUT2D eigenvalue weighted by molar-refractivity contribution is 5.94. The maximum Gasteiger partial charge on any atom is 0.411 e. The lowest BCUT2D eigenvalue weighted by molar-refractivity contribution is -0.159. The highest BCUT2D eigenvalue weighted by atomic mass is 16.6. The van der Waals surface area contributed by atoms with E-state index in [2.05, 4.69) is 5.32 Å². The molecule has 0 spiro atoms. The van der Waals surface area contributed by atoms with Gasteiger partial charge < -0.3 is 14.8 Å². The van der Waals surface area contributed by atoms with Crippen molar-refractivity contribution < 1.29 is 23.9 Å². The summed E-state index contributed by atoms with van der Waals surface area (Å²) in [5.41, 5.74) is -0.0198. The number of nitrogens with one attached hydrogen (secondary N) is 1. The first-order chi connectivity index (χ1) is 15.6. The van der Waals surface area contributed by atoms with E-state index < -0.39 is 35.2 Å². The zero-order valence-electron chi connectivity index (χ0n) is 19.7. The van der Waals surface area contributed by atoms with Crippen LogP contribution in [0.15, 0.2) is 60.7 Å². The monoisotopic (exact) mass is 452 g/mol. The number of rotatable bonds is 7. The van der Waals surface area contributed by atoms with Gasteiger partial charge in [-0.1, -0.05) is 60.7 Å². The van der Waals surface area contributed by atoms with Crippen LogP contribution < -0.4 is 5.32 Å². The SMILES string of the molecule is C[C@H](NC(=O)C1(Cc2ccccc2)CCN1C(=O)OCc1ccccc1)C(=O)OC(C)(C)C. The number of likely N-dealkylation sites (tertiary alicyclic amines) is 1. The van der Waals surface area contributed by atoms with Crippen molar-refractivity contribution in [1.29, 1.82) is 0 Å². The van der Waals surface area contributed by atoms with Crippen LogP contribution in [0, 0.1) is 0 Å². The summed E-state index contributed by atoms with van der Waals surface area (Å²) in [4.78, 5) is 40.3. The highest BCUT2D eigenvalue weighted by Gasteiger charge is 2.54. The molecule has 2 aromatic rings. The Morgan fingerprint density at radius 1 is 1.00 bits per heavy atom. The molecule has 3 rings (SSSR count). The minimum absolute atomic E-state index is 0.119. The zero-order chi connectivity index (χ0) is 24.1. The van der Waals surface area contributed by atoms with Crippen LogP contribution in [-0.2, 0) is 32.1 Å². The van der Waals surface area contributed by atoms with Gasteiger partial charge in [0, 0.05) is 13.0 Å². The molecule has 0 aliphatic carbocycles. The first-order valence-electron chi connectivity index (χ1n) is 11.2. The Morgan fingerprint density at radius 2 is 1.58 bits per heavy atom. The van der Waals surface area contributed by atoms with Crippen molar-refractivity contribution in [1.82, 2.24) is 10.2 Å². The van der Waals surface area contributed by atoms with Gasteiger partial charge in [0.15, 0.2) is 0 Å². The molecule has 1 aliphatic rings. The number of hydrogen-bond acceptors (Lipinski definition) is 5. The molecule has 1 fully saturated rings. The van der Waals surface area contributed by atoms with E-state index in [1.165, 1.54) is 4.90 Å². The largest absolute Gasteiger partial charge is 0.458 e. The summed E-state index contributed by atoms with van der Waals surface area (Å²) < 4.78 is 10.9. The minimum atomic E-state index is -1.13. The van der Waals surface area contributed by atoms with Gasteiger partial charge in [-0.2, -0.15) is 0 Å². The Hall–Kier alpha value is -3.35. The Morgan fingerprint density at radius 3 is 2.09 bits per heavy atom. The second-order valence-electron chi connectivity index (χ2n) is 9.36. The fraction of sp³-hybridized carbons (Fsp3) is 0.423. The minimum Gasteiger partial charge on any atom is -0.458 e. The van der Waals surface area contributed by atoms with Gasteiger partial charge in [0.25, 0.3) is 0 Å². The molecule has 176 valence electrons. The normalized spacial score (nSPS) is 18.6. The second-order valence-corrected chi connectivity index (χ2v) is 9.36. The van der Waals surface area contributed by atoms with E-state index >= 15 is 0 Å². The summed E-state index contributed by atoms with van der Waals surface area (Å²) in [7, 11) is 0. The lowest BCUT2D eigenvalue weighted by Gasteiger charge is -2.50. The molecule has 0 saturated carbocycles. The van der Waals surface area contributed by atoms with Crippen LogP contribution in [0.2, 0.25) is 0 Å². The Bertz CT molecular complexity index is 971. The van der Waals surface area contributed by atoms with Crippen LogP contribution in [0.4, 0.5) is 4.79 Å². The molecule has 2 amide bonds. The van der Waals surface area contributed by atoms with Crippen molar-refractivity contribution in [3.63, 3.8) is 0 Å². The molecule has 1 aliphatic heterocycles. The van der Waals surface area contributed by atoms with Gasteiger partial charge in [0.05, 0.1) is 0 Å². The number of carbonyl (C=O) groups is 3. The van der Waals surface area contributed by atoms with E-state index in [0.717, 1.165) is 11.1 Å². The molecular weight excluding hydrogens is 420 g/mol. The van der Waals surface area contributed by atoms with Gasteiger partial charge in [-0.15, -0.1) is 0 Å². The molecule has 1 saturated heterocycles. The summed E-state index contributed by atoms with van der Waals surface area (Å²) in [5.74, 6) is -0.920. The summed E-state index contributed by atoms with van der Waals surface area (Å²) in [6.45, 7) is 7.41. The van der Waals surface area contributed by atoms with Crippen LogP contribution in [0.25, 0.3) is 0 Å². The van der Waals surface area contributed by atoms with Gasteiger partial charge in [-0.05, 0) is 45.2 Å². The lowest BCUT2D eigenvalue weighted by atomic mass is 9.78. The van der Waals surface area contributed by atoms with Crippen LogP contribution in [0.5, 0.6) is 0 Å². The quantitative estimate of drug-likeness (QED) is 0.645. The standard InChI is InChI=1S/C26H32N2O5/c1-19(22(29)33-25(2,3)4)27-23(30)26(17-20-11-7-5-8-12-20)15-16-28(26)24(31)32-18-21-13-9-6-10-14-21/h5-14,19H,15-18H2,1-4H3,(H,27,30)/t19-,26?/m0/s1. The smallest absolute Gasteiger partial charge is 0.411 e. The third-order valence-electron chi connectivity index (χ3n) is 5.56. The summed E-state index contributed by atoms with van der Waals surface area (Å²) in [5, 5.41) is 2.76. The van der Waals surface area contributed by atoms with Gasteiger partial charge in [-0.3, -0.25) is 9.69 Å². The van der Waals surface area contributed by atoms with Crippen molar-refractivity contribution in [2.45, 2.75) is 64.3 Å². The van der Waals surface area contributed by atoms with Crippen LogP contribution in [0.1, 0.15) is 45.2 Å². The summed E-state index contributed by atoms with van der Waals surface area (Å²) >= 11 is 0. The number of carbonyl (C=O) groups excluding carboxylic acids is 3. The maximum atomic E-state index is 13.5. The third-order valence-corrected chi connectivity index (χ3v) is 5.56. The average Bonchev–Trinajstić information content (AvgIpc) is 2.75. The molecule has 7 nitrogen and oxygen atoms in total. The third kappa shape index (κ3) is 6.12. The molecule has 33 heavy (non-hydrogen) atoms. The second kappa shape index (κ2) is 10.1. The molecule has 1 N–H and O–H groups in total. The molecular formula is C26H32N2O5. The van der Waals surface area contributed by atoms with Crippen LogP contribution in [0.3, 0.4) is 0 Å². The van der Waals surface area contributed by atoms with E-state index in [1.807, 2.05) is 60.7 Å². The van der Waals surface area contributed by atoms with Gasteiger partial charge in [0.1, 0.15) is 23.8 Å². The summed E-state index contributed by atoms with van der Waals surface area (Å²) in [6.07, 6.45) is 0.234. The first kappa shape index (κ1) is 24.3. The molecule has 2 aromatic carbocycles. The lowest BCUT2D eigenvalue weighted by Crippen LogP contribution is -2.71. The Labute approximate surface area is 195 Å². The van der Waals surface area contributed by atoms with Crippen molar-refractivity contribution in [3.8, 4) is 0 Å². The van der Waals surface area contributed by atoms with Crippen molar-refractivity contribution >= 4 is 18.0 Å². The van der Waals surface area contributed by atoms with Gasteiger partial charge >= 0.3 is 12.1 Å². The predicted molar refractivity (Wildman–Crippen MR) is 124 cm³/mol. The average molecular weight is 453 g/mol. The zero-order valence-corrected chi connectivity index (χ0v) is 19.7. The fourth-order valence-electron chi connectivity index (χ4n) is 3.77. The van der Waals surface area contributed by atoms with E-state index in [9.17, 15) is 14.4 Å². The number of hydrogen-bond donors (Lipinski definition) is 1. The van der Waals surface area contributed by atoms with E-state index in [1.54, 1.807) is 27.7 Å². The molecule has 0 bridgehead atoms. The van der Waals surface area contributed by atoms with Crippen molar-refractivity contribution in [3.05, 3.63) is 71.8 Å². The first-order valence-corrected chi connectivity index (χ1v) is 11.2. The molecule has 1 unspecified atom stereocenters. The van der Waals surface area contributed by atoms with E-state index in [-0.39, 0.29) is 6.61 Å². The maximum absolute atomic E-state index is 13.5. The Balaban J connectivity index is 1.76. The Kier molecular flexibility index (Phi) is 7.41. The highest BCUT2D eigenvalue weighted by Crippen LogP contribution is 2.35. The molecule has 0 radical (unpaired) electrons. The van der Waals surface area contributed by atoms with E-state index in [0.29, 0.717) is 19.4 Å². The molecule has 2 atom stereocenters.